The van der Waals surface area contributed by atoms with Gasteiger partial charge in [0.15, 0.2) is 0 Å². The van der Waals surface area contributed by atoms with Gasteiger partial charge in [-0.15, -0.1) is 0 Å². The molecule has 3 nitrogen and oxygen atoms in total. The summed E-state index contributed by atoms with van der Waals surface area (Å²) >= 11 is 6.00. The number of amides is 1. The van der Waals surface area contributed by atoms with Crippen LogP contribution in [0.1, 0.15) is 18.4 Å². The van der Waals surface area contributed by atoms with Gasteiger partial charge in [0, 0.05) is 29.7 Å². The molecule has 1 fully saturated rings. The fourth-order valence-corrected chi connectivity index (χ4v) is 3.33. The third-order valence-electron chi connectivity index (χ3n) is 4.53. The average Bonchev–Trinajstić information content (AvgIpc) is 2.61. The summed E-state index contributed by atoms with van der Waals surface area (Å²) in [5, 5.41) is 3.10. The zero-order chi connectivity index (χ0) is 18.7. The highest BCUT2D eigenvalue weighted by atomic mass is 35.5. The first kappa shape index (κ1) is 18.6. The Hall–Kier alpha value is -2.21. The molecule has 2 aromatic carbocycles. The highest BCUT2D eigenvalue weighted by Gasteiger charge is 2.34. The Bertz CT molecular complexity index is 786. The summed E-state index contributed by atoms with van der Waals surface area (Å²) in [4.78, 5) is 14.6. The van der Waals surface area contributed by atoms with E-state index in [1.807, 2.05) is 18.2 Å². The van der Waals surface area contributed by atoms with E-state index in [9.17, 15) is 18.0 Å². The summed E-state index contributed by atoms with van der Waals surface area (Å²) < 4.78 is 39.1. The van der Waals surface area contributed by atoms with E-state index in [-0.39, 0.29) is 17.5 Å². The van der Waals surface area contributed by atoms with Crippen LogP contribution in [0.5, 0.6) is 0 Å². The third kappa shape index (κ3) is 4.30. The van der Waals surface area contributed by atoms with Crippen LogP contribution in [-0.2, 0) is 11.0 Å². The molecule has 1 aliphatic rings. The van der Waals surface area contributed by atoms with Crippen molar-refractivity contribution in [1.82, 2.24) is 0 Å². The van der Waals surface area contributed by atoms with E-state index in [1.165, 1.54) is 18.2 Å². The number of nitrogens with one attached hydrogen (secondary N) is 1. The van der Waals surface area contributed by atoms with Gasteiger partial charge in [-0.2, -0.15) is 13.2 Å². The summed E-state index contributed by atoms with van der Waals surface area (Å²) in [5.74, 6) is -0.681. The molecule has 0 aromatic heterocycles. The quantitative estimate of drug-likeness (QED) is 0.789. The zero-order valence-corrected chi connectivity index (χ0v) is 14.6. The van der Waals surface area contributed by atoms with Crippen LogP contribution in [0.4, 0.5) is 24.5 Å². The second-order valence-corrected chi connectivity index (χ2v) is 6.71. The molecular formula is C19H18ClF3N2O. The van der Waals surface area contributed by atoms with Crippen molar-refractivity contribution in [3.63, 3.8) is 0 Å². The number of para-hydroxylation sites is 1. The van der Waals surface area contributed by atoms with E-state index < -0.39 is 11.7 Å². The predicted molar refractivity (Wildman–Crippen MR) is 96.5 cm³/mol. The molecule has 1 aliphatic heterocycles. The Balaban J connectivity index is 1.63. The van der Waals surface area contributed by atoms with Crippen molar-refractivity contribution in [2.24, 2.45) is 5.92 Å². The van der Waals surface area contributed by atoms with Crippen molar-refractivity contribution < 1.29 is 18.0 Å². The highest BCUT2D eigenvalue weighted by Crippen LogP contribution is 2.35. The SMILES string of the molecule is O=C(Nc1ccccc1C(F)(F)F)C1CCN(c2cccc(Cl)c2)CC1. The lowest BCUT2D eigenvalue weighted by Crippen LogP contribution is -2.38. The van der Waals surface area contributed by atoms with Crippen molar-refractivity contribution in [2.75, 3.05) is 23.3 Å². The molecular weight excluding hydrogens is 365 g/mol. The maximum atomic E-state index is 13.0. The Morgan fingerprint density at radius 1 is 1.08 bits per heavy atom. The van der Waals surface area contributed by atoms with Gasteiger partial charge in [-0.25, -0.2) is 0 Å². The molecule has 0 saturated carbocycles. The fourth-order valence-electron chi connectivity index (χ4n) is 3.15. The van der Waals surface area contributed by atoms with Crippen LogP contribution in [0.2, 0.25) is 5.02 Å². The van der Waals surface area contributed by atoms with E-state index in [0.717, 1.165) is 11.8 Å². The van der Waals surface area contributed by atoms with E-state index in [2.05, 4.69) is 10.2 Å². The largest absolute Gasteiger partial charge is 0.418 e. The molecule has 0 unspecified atom stereocenters. The minimum atomic E-state index is -4.50. The molecule has 0 bridgehead atoms. The predicted octanol–water partition coefficient (Wildman–Crippen LogP) is 5.21. The Kier molecular flexibility index (Phi) is 5.41. The number of benzene rings is 2. The fraction of sp³-hybridized carbons (Fsp3) is 0.316. The van der Waals surface area contributed by atoms with Gasteiger partial charge in [0.2, 0.25) is 5.91 Å². The number of carbonyl (C=O) groups excluding carboxylic acids is 1. The van der Waals surface area contributed by atoms with Crippen LogP contribution in [0, 0.1) is 5.92 Å². The van der Waals surface area contributed by atoms with Crippen LogP contribution in [0.25, 0.3) is 0 Å². The molecule has 1 saturated heterocycles. The summed E-state index contributed by atoms with van der Waals surface area (Å²) in [6.45, 7) is 1.30. The van der Waals surface area contributed by atoms with Crippen molar-refractivity contribution in [3.8, 4) is 0 Å². The lowest BCUT2D eigenvalue weighted by molar-refractivity contribution is -0.137. The third-order valence-corrected chi connectivity index (χ3v) is 4.76. The lowest BCUT2D eigenvalue weighted by Gasteiger charge is -2.33. The molecule has 3 rings (SSSR count). The average molecular weight is 383 g/mol. The van der Waals surface area contributed by atoms with Gasteiger partial charge in [-0.1, -0.05) is 29.8 Å². The van der Waals surface area contributed by atoms with Crippen LogP contribution in [-0.4, -0.2) is 19.0 Å². The summed E-state index contributed by atoms with van der Waals surface area (Å²) in [6, 6.07) is 12.5. The van der Waals surface area contributed by atoms with Crippen LogP contribution in [0.15, 0.2) is 48.5 Å². The van der Waals surface area contributed by atoms with E-state index >= 15 is 0 Å². The lowest BCUT2D eigenvalue weighted by atomic mass is 9.95. The summed E-state index contributed by atoms with van der Waals surface area (Å²) in [6.07, 6.45) is -3.35. The molecule has 1 heterocycles. The first-order valence-electron chi connectivity index (χ1n) is 8.32. The number of alkyl halides is 3. The van der Waals surface area contributed by atoms with Crippen molar-refractivity contribution in [1.29, 1.82) is 0 Å². The van der Waals surface area contributed by atoms with Crippen LogP contribution >= 0.6 is 11.6 Å². The monoisotopic (exact) mass is 382 g/mol. The Morgan fingerprint density at radius 3 is 2.42 bits per heavy atom. The van der Waals surface area contributed by atoms with E-state index in [4.69, 9.17) is 11.6 Å². The Morgan fingerprint density at radius 2 is 1.77 bits per heavy atom. The molecule has 0 atom stereocenters. The molecule has 138 valence electrons. The van der Waals surface area contributed by atoms with Crippen LogP contribution < -0.4 is 10.2 Å². The minimum Gasteiger partial charge on any atom is -0.371 e. The van der Waals surface area contributed by atoms with Crippen LogP contribution in [0.3, 0.4) is 0 Å². The normalized spacial score (nSPS) is 15.8. The number of hydrogen-bond donors (Lipinski definition) is 1. The number of halogens is 4. The van der Waals surface area contributed by atoms with Gasteiger partial charge in [0.25, 0.3) is 0 Å². The highest BCUT2D eigenvalue weighted by molar-refractivity contribution is 6.30. The molecule has 2 aromatic rings. The van der Waals surface area contributed by atoms with E-state index in [0.29, 0.717) is 31.0 Å². The first-order valence-corrected chi connectivity index (χ1v) is 8.70. The molecule has 1 amide bonds. The smallest absolute Gasteiger partial charge is 0.371 e. The maximum absolute atomic E-state index is 13.0. The number of hydrogen-bond acceptors (Lipinski definition) is 2. The number of carbonyl (C=O) groups is 1. The summed E-state index contributed by atoms with van der Waals surface area (Å²) in [7, 11) is 0. The first-order chi connectivity index (χ1) is 12.3. The van der Waals surface area contributed by atoms with Gasteiger partial charge < -0.3 is 10.2 Å². The van der Waals surface area contributed by atoms with Gasteiger partial charge in [0.05, 0.1) is 11.3 Å². The minimum absolute atomic E-state index is 0.192. The number of rotatable bonds is 3. The second kappa shape index (κ2) is 7.58. The second-order valence-electron chi connectivity index (χ2n) is 6.27. The van der Waals surface area contributed by atoms with Crippen molar-refractivity contribution in [3.05, 3.63) is 59.1 Å². The molecule has 7 heteroatoms. The maximum Gasteiger partial charge on any atom is 0.418 e. The number of piperidine rings is 1. The topological polar surface area (TPSA) is 32.3 Å². The number of anilines is 2. The molecule has 0 radical (unpaired) electrons. The van der Waals surface area contributed by atoms with Gasteiger partial charge in [-0.3, -0.25) is 4.79 Å². The molecule has 1 N–H and O–H groups in total. The van der Waals surface area contributed by atoms with E-state index in [1.54, 1.807) is 6.07 Å². The van der Waals surface area contributed by atoms with Gasteiger partial charge >= 0.3 is 6.18 Å². The molecule has 0 spiro atoms. The molecule has 0 aliphatic carbocycles. The summed E-state index contributed by atoms with van der Waals surface area (Å²) in [5.41, 5.74) is -0.0363. The zero-order valence-electron chi connectivity index (χ0n) is 13.9. The van der Waals surface area contributed by atoms with Gasteiger partial charge in [0.1, 0.15) is 0 Å². The standard InChI is InChI=1S/C19H18ClF3N2O/c20-14-4-3-5-15(12-14)25-10-8-13(9-11-25)18(26)24-17-7-2-1-6-16(17)19(21,22)23/h1-7,12-13H,8-11H2,(H,24,26). The Labute approximate surface area is 154 Å². The van der Waals surface area contributed by atoms with Crippen molar-refractivity contribution >= 4 is 28.9 Å². The van der Waals surface area contributed by atoms with Crippen molar-refractivity contribution in [2.45, 2.75) is 19.0 Å². The van der Waals surface area contributed by atoms with Gasteiger partial charge in [-0.05, 0) is 43.2 Å². The molecule has 26 heavy (non-hydrogen) atoms. The number of nitrogens with zero attached hydrogens (tertiary/aromatic N) is 1.